The first kappa shape index (κ1) is 14.6. The highest BCUT2D eigenvalue weighted by Crippen LogP contribution is 2.33. The van der Waals surface area contributed by atoms with E-state index in [1.165, 1.54) is 0 Å². The largest absolute Gasteiger partial charge is 0.497 e. The number of methoxy groups -OCH3 is 1. The van der Waals surface area contributed by atoms with E-state index >= 15 is 0 Å². The Morgan fingerprint density at radius 3 is 2.95 bits per heavy atom. The first-order valence-electron chi connectivity index (χ1n) is 6.94. The number of hydrogen-bond acceptors (Lipinski definition) is 3. The molecule has 1 fully saturated rings. The summed E-state index contributed by atoms with van der Waals surface area (Å²) in [6.45, 7) is 3.98. The summed E-state index contributed by atoms with van der Waals surface area (Å²) in [5, 5.41) is 4.29. The molecule has 0 saturated carbocycles. The fourth-order valence-corrected chi connectivity index (χ4v) is 2.78. The van der Waals surface area contributed by atoms with Crippen LogP contribution in [0.5, 0.6) is 5.75 Å². The van der Waals surface area contributed by atoms with Gasteiger partial charge >= 0.3 is 0 Å². The van der Waals surface area contributed by atoms with Gasteiger partial charge in [0.05, 0.1) is 19.3 Å². The quantitative estimate of drug-likeness (QED) is 0.866. The van der Waals surface area contributed by atoms with Crippen LogP contribution in [0.1, 0.15) is 37.8 Å². The second-order valence-electron chi connectivity index (χ2n) is 4.87. The van der Waals surface area contributed by atoms with E-state index in [0.717, 1.165) is 48.7 Å². The third kappa shape index (κ3) is 3.62. The second-order valence-corrected chi connectivity index (χ2v) is 5.28. The molecule has 2 atom stereocenters. The molecular formula is C15H22ClNO2. The summed E-state index contributed by atoms with van der Waals surface area (Å²) < 4.78 is 11.0. The molecule has 2 unspecified atom stereocenters. The number of ether oxygens (including phenoxy) is 2. The third-order valence-corrected chi connectivity index (χ3v) is 3.82. The molecule has 1 aliphatic heterocycles. The Balaban J connectivity index is 2.20. The molecule has 4 heteroatoms. The molecule has 1 aromatic rings. The molecule has 1 N–H and O–H groups in total. The smallest absolute Gasteiger partial charge is 0.120 e. The molecule has 19 heavy (non-hydrogen) atoms. The maximum atomic E-state index is 6.38. The highest BCUT2D eigenvalue weighted by Gasteiger charge is 2.28. The van der Waals surface area contributed by atoms with E-state index in [4.69, 9.17) is 21.1 Å². The minimum absolute atomic E-state index is 0.167. The van der Waals surface area contributed by atoms with Crippen LogP contribution in [0, 0.1) is 0 Å². The van der Waals surface area contributed by atoms with Crippen molar-refractivity contribution < 1.29 is 9.47 Å². The van der Waals surface area contributed by atoms with Crippen molar-refractivity contribution in [2.45, 2.75) is 38.3 Å². The van der Waals surface area contributed by atoms with E-state index in [-0.39, 0.29) is 12.1 Å². The molecular weight excluding hydrogens is 262 g/mol. The normalized spacial score (nSPS) is 20.5. The van der Waals surface area contributed by atoms with Gasteiger partial charge < -0.3 is 14.8 Å². The highest BCUT2D eigenvalue weighted by atomic mass is 35.5. The predicted octanol–water partition coefficient (Wildman–Crippen LogP) is 3.57. The average Bonchev–Trinajstić information content (AvgIpc) is 2.94. The Kier molecular flexibility index (Phi) is 5.49. The van der Waals surface area contributed by atoms with Crippen molar-refractivity contribution >= 4 is 11.6 Å². The van der Waals surface area contributed by atoms with Gasteiger partial charge in [0.1, 0.15) is 5.75 Å². The Bertz CT molecular complexity index is 405. The lowest BCUT2D eigenvalue weighted by Gasteiger charge is -2.25. The van der Waals surface area contributed by atoms with E-state index in [0.29, 0.717) is 0 Å². The van der Waals surface area contributed by atoms with Crippen molar-refractivity contribution in [1.29, 1.82) is 0 Å². The Labute approximate surface area is 120 Å². The molecule has 106 valence electrons. The molecule has 0 aliphatic carbocycles. The first-order chi connectivity index (χ1) is 9.26. The molecule has 0 bridgehead atoms. The lowest BCUT2D eigenvalue weighted by Crippen LogP contribution is -2.32. The zero-order valence-corrected chi connectivity index (χ0v) is 12.4. The standard InChI is InChI=1S/C15H22ClNO2/c1-3-8-17-15(14-5-4-9-19-14)12-7-6-11(18-2)10-13(12)16/h6-7,10,14-15,17H,3-5,8-9H2,1-2H3. The van der Waals surface area contributed by atoms with Gasteiger partial charge in [0.2, 0.25) is 0 Å². The summed E-state index contributed by atoms with van der Waals surface area (Å²) in [6, 6.07) is 6.03. The molecule has 0 radical (unpaired) electrons. The highest BCUT2D eigenvalue weighted by molar-refractivity contribution is 6.31. The van der Waals surface area contributed by atoms with Crippen molar-refractivity contribution in [2.24, 2.45) is 0 Å². The maximum absolute atomic E-state index is 6.38. The van der Waals surface area contributed by atoms with E-state index in [9.17, 15) is 0 Å². The summed E-state index contributed by atoms with van der Waals surface area (Å²) in [7, 11) is 1.65. The topological polar surface area (TPSA) is 30.5 Å². The zero-order chi connectivity index (χ0) is 13.7. The van der Waals surface area contributed by atoms with Gasteiger partial charge in [0.15, 0.2) is 0 Å². The van der Waals surface area contributed by atoms with Crippen LogP contribution < -0.4 is 10.1 Å². The molecule has 1 aromatic carbocycles. The van der Waals surface area contributed by atoms with Crippen LogP contribution in [-0.2, 0) is 4.74 Å². The fraction of sp³-hybridized carbons (Fsp3) is 0.600. The minimum atomic E-state index is 0.167. The Hall–Kier alpha value is -0.770. The first-order valence-corrected chi connectivity index (χ1v) is 7.32. The van der Waals surface area contributed by atoms with E-state index < -0.39 is 0 Å². The lowest BCUT2D eigenvalue weighted by atomic mass is 9.99. The molecule has 1 heterocycles. The molecule has 3 nitrogen and oxygen atoms in total. The van der Waals surface area contributed by atoms with Gasteiger partial charge in [0.25, 0.3) is 0 Å². The molecule has 2 rings (SSSR count). The SMILES string of the molecule is CCCNC(c1ccc(OC)cc1Cl)C1CCCO1. The molecule has 0 aromatic heterocycles. The summed E-state index contributed by atoms with van der Waals surface area (Å²) in [4.78, 5) is 0. The average molecular weight is 284 g/mol. The van der Waals surface area contributed by atoms with E-state index in [1.807, 2.05) is 18.2 Å². The van der Waals surface area contributed by atoms with Gasteiger partial charge in [0, 0.05) is 11.6 Å². The Morgan fingerprint density at radius 2 is 2.37 bits per heavy atom. The van der Waals surface area contributed by atoms with E-state index in [1.54, 1.807) is 7.11 Å². The van der Waals surface area contributed by atoms with Gasteiger partial charge in [-0.15, -0.1) is 0 Å². The van der Waals surface area contributed by atoms with Gasteiger partial charge in [-0.25, -0.2) is 0 Å². The number of rotatable bonds is 6. The van der Waals surface area contributed by atoms with Crippen LogP contribution >= 0.6 is 11.6 Å². The van der Waals surface area contributed by atoms with E-state index in [2.05, 4.69) is 12.2 Å². The number of nitrogens with one attached hydrogen (secondary N) is 1. The summed E-state index contributed by atoms with van der Waals surface area (Å²) >= 11 is 6.38. The monoisotopic (exact) mass is 283 g/mol. The van der Waals surface area contributed by atoms with Crippen molar-refractivity contribution in [3.63, 3.8) is 0 Å². The van der Waals surface area contributed by atoms with Gasteiger partial charge in [-0.3, -0.25) is 0 Å². The van der Waals surface area contributed by atoms with Crippen LogP contribution in [0.3, 0.4) is 0 Å². The van der Waals surface area contributed by atoms with Gasteiger partial charge in [-0.1, -0.05) is 24.6 Å². The van der Waals surface area contributed by atoms with Crippen LogP contribution in [0.4, 0.5) is 0 Å². The van der Waals surface area contributed by atoms with Crippen molar-refractivity contribution in [3.05, 3.63) is 28.8 Å². The lowest BCUT2D eigenvalue weighted by molar-refractivity contribution is 0.0783. The fourth-order valence-electron chi connectivity index (χ4n) is 2.49. The minimum Gasteiger partial charge on any atom is -0.497 e. The summed E-state index contributed by atoms with van der Waals surface area (Å²) in [5.74, 6) is 0.787. The molecule has 1 aliphatic rings. The molecule has 1 saturated heterocycles. The van der Waals surface area contributed by atoms with Crippen molar-refractivity contribution in [2.75, 3.05) is 20.3 Å². The molecule has 0 amide bonds. The number of halogens is 1. The van der Waals surface area contributed by atoms with Crippen LogP contribution in [0.25, 0.3) is 0 Å². The number of benzene rings is 1. The van der Waals surface area contributed by atoms with Crippen LogP contribution in [-0.4, -0.2) is 26.4 Å². The zero-order valence-electron chi connectivity index (χ0n) is 11.6. The predicted molar refractivity (Wildman–Crippen MR) is 78.0 cm³/mol. The molecule has 0 spiro atoms. The van der Waals surface area contributed by atoms with Gasteiger partial charge in [-0.2, -0.15) is 0 Å². The Morgan fingerprint density at radius 1 is 1.53 bits per heavy atom. The summed E-state index contributed by atoms with van der Waals surface area (Å²) in [6.07, 6.45) is 3.53. The summed E-state index contributed by atoms with van der Waals surface area (Å²) in [5.41, 5.74) is 1.10. The maximum Gasteiger partial charge on any atom is 0.120 e. The van der Waals surface area contributed by atoms with Gasteiger partial charge in [-0.05, 0) is 43.5 Å². The number of hydrogen-bond donors (Lipinski definition) is 1. The van der Waals surface area contributed by atoms with Crippen molar-refractivity contribution in [1.82, 2.24) is 5.32 Å². The third-order valence-electron chi connectivity index (χ3n) is 3.49. The van der Waals surface area contributed by atoms with Crippen LogP contribution in [0.15, 0.2) is 18.2 Å². The second kappa shape index (κ2) is 7.13. The van der Waals surface area contributed by atoms with Crippen LogP contribution in [0.2, 0.25) is 5.02 Å². The van der Waals surface area contributed by atoms with Crippen molar-refractivity contribution in [3.8, 4) is 5.75 Å².